The number of imide groups is 1. The summed E-state index contributed by atoms with van der Waals surface area (Å²) in [6.07, 6.45) is 1.56. The number of hydrogen-bond donors (Lipinski definition) is 1. The number of para-hydroxylation sites is 1. The van der Waals surface area contributed by atoms with Gasteiger partial charge in [0.2, 0.25) is 5.91 Å². The zero-order valence-corrected chi connectivity index (χ0v) is 23.2. The summed E-state index contributed by atoms with van der Waals surface area (Å²) >= 11 is 16.5. The molecule has 0 radical (unpaired) electrons. The lowest BCUT2D eigenvalue weighted by Gasteiger charge is -2.14. The van der Waals surface area contributed by atoms with Crippen LogP contribution in [-0.2, 0) is 16.2 Å². The van der Waals surface area contributed by atoms with Gasteiger partial charge in [0.15, 0.2) is 11.5 Å². The van der Waals surface area contributed by atoms with Gasteiger partial charge in [0, 0.05) is 10.6 Å². The maximum absolute atomic E-state index is 12.9. The number of benzene rings is 3. The third kappa shape index (κ3) is 6.48. The van der Waals surface area contributed by atoms with Gasteiger partial charge in [-0.15, -0.1) is 0 Å². The molecule has 1 aliphatic rings. The third-order valence-corrected chi connectivity index (χ3v) is 7.40. The van der Waals surface area contributed by atoms with Crippen LogP contribution in [0, 0.1) is 0 Å². The van der Waals surface area contributed by atoms with Gasteiger partial charge in [-0.05, 0) is 69.7 Å². The predicted octanol–water partition coefficient (Wildman–Crippen LogP) is 7.02. The van der Waals surface area contributed by atoms with Crippen LogP contribution in [0.4, 0.5) is 10.5 Å². The van der Waals surface area contributed by atoms with E-state index in [4.69, 9.17) is 32.7 Å². The number of halogens is 3. The van der Waals surface area contributed by atoms with E-state index in [1.165, 1.54) is 7.11 Å². The molecule has 0 bridgehead atoms. The molecule has 3 aromatic rings. The molecule has 3 aromatic carbocycles. The molecule has 1 heterocycles. The van der Waals surface area contributed by atoms with Crippen molar-refractivity contribution in [2.75, 3.05) is 19.0 Å². The lowest BCUT2D eigenvalue weighted by Crippen LogP contribution is -2.36. The predicted molar refractivity (Wildman–Crippen MR) is 149 cm³/mol. The summed E-state index contributed by atoms with van der Waals surface area (Å²) in [4.78, 5) is 38.9. The van der Waals surface area contributed by atoms with Crippen LogP contribution in [0.3, 0.4) is 0 Å². The number of amides is 3. The van der Waals surface area contributed by atoms with E-state index < -0.39 is 23.6 Å². The first-order valence-electron chi connectivity index (χ1n) is 10.8. The van der Waals surface area contributed by atoms with Gasteiger partial charge in [-0.25, -0.2) is 0 Å². The largest absolute Gasteiger partial charge is 0.493 e. The number of nitrogens with one attached hydrogen (secondary N) is 1. The Morgan fingerprint density at radius 3 is 2.49 bits per heavy atom. The Kier molecular flexibility index (Phi) is 8.81. The molecule has 0 spiro atoms. The summed E-state index contributed by atoms with van der Waals surface area (Å²) in [6, 6.07) is 17.5. The van der Waals surface area contributed by atoms with Gasteiger partial charge >= 0.3 is 0 Å². The van der Waals surface area contributed by atoms with Crippen molar-refractivity contribution < 1.29 is 23.9 Å². The molecular formula is C26H19BrCl2N2O5S. The van der Waals surface area contributed by atoms with Gasteiger partial charge < -0.3 is 14.8 Å². The molecular weight excluding hydrogens is 603 g/mol. The van der Waals surface area contributed by atoms with Gasteiger partial charge in [0.05, 0.1) is 27.2 Å². The minimum atomic E-state index is -0.571. The maximum atomic E-state index is 12.9. The quantitative estimate of drug-likeness (QED) is 0.272. The minimum absolute atomic E-state index is 0.175. The highest BCUT2D eigenvalue weighted by atomic mass is 79.9. The van der Waals surface area contributed by atoms with E-state index in [0.29, 0.717) is 37.3 Å². The number of carbonyl (C=O) groups excluding carboxylic acids is 3. The average molecular weight is 622 g/mol. The van der Waals surface area contributed by atoms with Crippen LogP contribution < -0.4 is 14.8 Å². The van der Waals surface area contributed by atoms with Crippen molar-refractivity contribution in [3.8, 4) is 11.5 Å². The average Bonchev–Trinajstić information content (AvgIpc) is 3.12. The number of carbonyl (C=O) groups is 3. The topological polar surface area (TPSA) is 84.9 Å². The zero-order valence-electron chi connectivity index (χ0n) is 19.3. The summed E-state index contributed by atoms with van der Waals surface area (Å²) in [7, 11) is 1.50. The second-order valence-electron chi connectivity index (χ2n) is 7.71. The molecule has 1 saturated heterocycles. The van der Waals surface area contributed by atoms with Gasteiger partial charge in [0.25, 0.3) is 11.1 Å². The van der Waals surface area contributed by atoms with Gasteiger partial charge in [-0.1, -0.05) is 53.5 Å². The van der Waals surface area contributed by atoms with Crippen LogP contribution in [-0.4, -0.2) is 35.6 Å². The second kappa shape index (κ2) is 12.0. The zero-order chi connectivity index (χ0) is 26.5. The summed E-state index contributed by atoms with van der Waals surface area (Å²) in [5, 5.41) is 3.00. The number of thioether (sulfide) groups is 1. The number of hydrogen-bond acceptors (Lipinski definition) is 6. The smallest absolute Gasteiger partial charge is 0.294 e. The maximum Gasteiger partial charge on any atom is 0.294 e. The Morgan fingerprint density at radius 1 is 1.08 bits per heavy atom. The molecule has 7 nitrogen and oxygen atoms in total. The molecule has 11 heteroatoms. The van der Waals surface area contributed by atoms with E-state index in [2.05, 4.69) is 21.2 Å². The summed E-state index contributed by atoms with van der Waals surface area (Å²) in [5.41, 5.74) is 1.81. The van der Waals surface area contributed by atoms with Crippen molar-refractivity contribution in [3.63, 3.8) is 0 Å². The van der Waals surface area contributed by atoms with Gasteiger partial charge in [-0.2, -0.15) is 0 Å². The SMILES string of the molecule is COc1cc(/C=C2\SC(=O)N(CC(=O)Nc3ccccc3Cl)C2=O)cc(Br)c1OCc1ccccc1Cl. The van der Waals surface area contributed by atoms with Crippen molar-refractivity contribution in [2.45, 2.75) is 6.61 Å². The number of rotatable bonds is 8. The van der Waals surface area contributed by atoms with Crippen molar-refractivity contribution in [1.82, 2.24) is 4.90 Å². The Morgan fingerprint density at radius 2 is 1.78 bits per heavy atom. The van der Waals surface area contributed by atoms with Crippen molar-refractivity contribution in [3.05, 3.63) is 91.2 Å². The molecule has 1 N–H and O–H groups in total. The van der Waals surface area contributed by atoms with Crippen molar-refractivity contribution in [1.29, 1.82) is 0 Å². The molecule has 0 aliphatic carbocycles. The first kappa shape index (κ1) is 27.1. The highest BCUT2D eigenvalue weighted by Crippen LogP contribution is 2.39. The first-order valence-corrected chi connectivity index (χ1v) is 13.2. The van der Waals surface area contributed by atoms with Crippen LogP contribution in [0.5, 0.6) is 11.5 Å². The van der Waals surface area contributed by atoms with E-state index in [1.807, 2.05) is 18.2 Å². The first-order chi connectivity index (χ1) is 17.8. The summed E-state index contributed by atoms with van der Waals surface area (Å²) < 4.78 is 12.0. The molecule has 0 unspecified atom stereocenters. The normalized spacial score (nSPS) is 14.3. The molecule has 37 heavy (non-hydrogen) atoms. The summed E-state index contributed by atoms with van der Waals surface area (Å²) in [6.45, 7) is -0.210. The van der Waals surface area contributed by atoms with Crippen LogP contribution in [0.1, 0.15) is 11.1 Å². The molecule has 1 aliphatic heterocycles. The molecule has 0 saturated carbocycles. The number of methoxy groups -OCH3 is 1. The Balaban J connectivity index is 1.48. The highest BCUT2D eigenvalue weighted by Gasteiger charge is 2.36. The number of nitrogens with zero attached hydrogens (tertiary/aromatic N) is 1. The fourth-order valence-corrected chi connectivity index (χ4v) is 5.20. The number of ether oxygens (including phenoxy) is 2. The molecule has 0 aromatic heterocycles. The highest BCUT2D eigenvalue weighted by molar-refractivity contribution is 9.10. The Bertz CT molecular complexity index is 1420. The van der Waals surface area contributed by atoms with E-state index in [-0.39, 0.29) is 11.5 Å². The van der Waals surface area contributed by atoms with Crippen LogP contribution >= 0.6 is 50.9 Å². The monoisotopic (exact) mass is 620 g/mol. The summed E-state index contributed by atoms with van der Waals surface area (Å²) in [5.74, 6) is -0.227. The van der Waals surface area contributed by atoms with E-state index >= 15 is 0 Å². The van der Waals surface area contributed by atoms with E-state index in [0.717, 1.165) is 22.2 Å². The molecule has 3 amide bonds. The number of anilines is 1. The molecule has 4 rings (SSSR count). The van der Waals surface area contributed by atoms with Crippen LogP contribution in [0.2, 0.25) is 10.0 Å². The lowest BCUT2D eigenvalue weighted by atomic mass is 10.1. The van der Waals surface area contributed by atoms with Gasteiger partial charge in [-0.3, -0.25) is 19.3 Å². The van der Waals surface area contributed by atoms with Gasteiger partial charge in [0.1, 0.15) is 13.2 Å². The molecule has 0 atom stereocenters. The fraction of sp³-hybridized carbons (Fsp3) is 0.115. The fourth-order valence-electron chi connectivity index (χ4n) is 3.41. The Hall–Kier alpha value is -2.98. The second-order valence-corrected chi connectivity index (χ2v) is 10.4. The molecule has 190 valence electrons. The van der Waals surface area contributed by atoms with E-state index in [1.54, 1.807) is 48.5 Å². The third-order valence-electron chi connectivity index (χ3n) is 5.20. The molecule has 1 fully saturated rings. The standard InChI is InChI=1S/C26H19BrCl2N2O5S/c1-35-21-11-15(10-17(27)24(21)36-14-16-6-2-3-7-18(16)28)12-22-25(33)31(26(34)37-22)13-23(32)30-20-9-5-4-8-19(20)29/h2-12H,13-14H2,1H3,(H,30,32)/b22-12-. The lowest BCUT2D eigenvalue weighted by molar-refractivity contribution is -0.127. The Labute approximate surface area is 235 Å². The van der Waals surface area contributed by atoms with Crippen molar-refractivity contribution >= 4 is 79.7 Å². The van der Waals surface area contributed by atoms with E-state index in [9.17, 15) is 14.4 Å². The van der Waals surface area contributed by atoms with Crippen molar-refractivity contribution in [2.24, 2.45) is 0 Å². The minimum Gasteiger partial charge on any atom is -0.493 e. The van der Waals surface area contributed by atoms with Crippen LogP contribution in [0.15, 0.2) is 70.0 Å². The van der Waals surface area contributed by atoms with Crippen LogP contribution in [0.25, 0.3) is 6.08 Å².